The van der Waals surface area contributed by atoms with Gasteiger partial charge < -0.3 is 0 Å². The van der Waals surface area contributed by atoms with Crippen LogP contribution in [0, 0.1) is 4.91 Å². The molecule has 0 N–H and O–H groups in total. The molecule has 13 heavy (non-hydrogen) atoms. The summed E-state index contributed by atoms with van der Waals surface area (Å²) < 4.78 is 0.879. The van der Waals surface area contributed by atoms with Gasteiger partial charge in [0.25, 0.3) is 0 Å². The summed E-state index contributed by atoms with van der Waals surface area (Å²) in [5.74, 6) is 0. The van der Waals surface area contributed by atoms with Crippen LogP contribution in [0.15, 0.2) is 10.2 Å². The molecule has 0 bridgehead atoms. The van der Waals surface area contributed by atoms with Crippen molar-refractivity contribution in [1.29, 1.82) is 0 Å². The first-order valence-electron chi connectivity index (χ1n) is 4.21. The van der Waals surface area contributed by atoms with Crippen molar-refractivity contribution in [3.63, 3.8) is 0 Å². The van der Waals surface area contributed by atoms with Crippen LogP contribution in [0.1, 0.15) is 27.7 Å². The maximum absolute atomic E-state index is 10.5. The Balaban J connectivity index is 2.75. The zero-order valence-electron chi connectivity index (χ0n) is 8.27. The average molecular weight is 218 g/mol. The van der Waals surface area contributed by atoms with E-state index in [9.17, 15) is 4.91 Å². The summed E-state index contributed by atoms with van der Waals surface area (Å²) in [6, 6.07) is 0.288. The van der Waals surface area contributed by atoms with Crippen LogP contribution < -0.4 is 0 Å². The normalized spacial score (nSPS) is 29.9. The van der Waals surface area contributed by atoms with E-state index in [1.54, 1.807) is 11.8 Å². The van der Waals surface area contributed by atoms with Crippen molar-refractivity contribution >= 4 is 27.9 Å². The maximum atomic E-state index is 10.5. The van der Waals surface area contributed by atoms with Gasteiger partial charge in [0.05, 0.1) is 4.75 Å². The molecule has 1 aliphatic heterocycles. The molecule has 1 atom stereocenters. The molecule has 0 aromatic carbocycles. The van der Waals surface area contributed by atoms with Gasteiger partial charge in [-0.25, -0.2) is 0 Å². The van der Waals surface area contributed by atoms with Gasteiger partial charge in [-0.1, -0.05) is 28.7 Å². The van der Waals surface area contributed by atoms with Crippen LogP contribution in [0.4, 0.5) is 0 Å². The van der Waals surface area contributed by atoms with Crippen LogP contribution in [-0.4, -0.2) is 20.5 Å². The number of hydrogen-bond acceptors (Lipinski definition) is 5. The summed E-state index contributed by atoms with van der Waals surface area (Å²) in [6.07, 6.45) is 0. The topological polar surface area (TPSA) is 41.8 Å². The van der Waals surface area contributed by atoms with E-state index in [1.165, 1.54) is 11.8 Å². The molecule has 3 nitrogen and oxygen atoms in total. The molecule has 0 aromatic heterocycles. The quantitative estimate of drug-likeness (QED) is 0.669. The SMILES string of the molecule is CC(C)N=C1SC(N=O)C(C)(C)S1. The van der Waals surface area contributed by atoms with Crippen molar-refractivity contribution in [2.75, 3.05) is 0 Å². The van der Waals surface area contributed by atoms with E-state index in [0.717, 1.165) is 4.38 Å². The van der Waals surface area contributed by atoms with Crippen LogP contribution in [0.25, 0.3) is 0 Å². The van der Waals surface area contributed by atoms with Gasteiger partial charge >= 0.3 is 0 Å². The molecule has 1 fully saturated rings. The van der Waals surface area contributed by atoms with Crippen molar-refractivity contribution in [2.24, 2.45) is 10.2 Å². The number of thioether (sulfide) groups is 2. The lowest BCUT2D eigenvalue weighted by Crippen LogP contribution is -2.22. The van der Waals surface area contributed by atoms with Crippen molar-refractivity contribution < 1.29 is 0 Å². The van der Waals surface area contributed by atoms with E-state index >= 15 is 0 Å². The Kier molecular flexibility index (Phi) is 3.40. The standard InChI is InChI=1S/C8H14N2OS2/c1-5(2)9-7-12-6(10-11)8(3,4)13-7/h5-6H,1-4H3. The zero-order valence-corrected chi connectivity index (χ0v) is 9.91. The molecule has 0 saturated carbocycles. The minimum absolute atomic E-state index is 0.111. The van der Waals surface area contributed by atoms with Crippen molar-refractivity contribution in [3.8, 4) is 0 Å². The highest BCUT2D eigenvalue weighted by atomic mass is 32.2. The third kappa shape index (κ3) is 2.71. The van der Waals surface area contributed by atoms with E-state index in [2.05, 4.69) is 10.2 Å². The number of nitrogens with zero attached hydrogens (tertiary/aromatic N) is 2. The first kappa shape index (κ1) is 11.0. The molecule has 5 heteroatoms. The number of rotatable bonds is 2. The smallest absolute Gasteiger partial charge is 0.158 e. The van der Waals surface area contributed by atoms with Crippen molar-refractivity contribution in [3.05, 3.63) is 4.91 Å². The Hall–Kier alpha value is -0.0300. The predicted octanol–water partition coefficient (Wildman–Crippen LogP) is 3.10. The fourth-order valence-electron chi connectivity index (χ4n) is 0.953. The van der Waals surface area contributed by atoms with Gasteiger partial charge in [-0.05, 0) is 27.7 Å². The van der Waals surface area contributed by atoms with Crippen LogP contribution in [0.3, 0.4) is 0 Å². The summed E-state index contributed by atoms with van der Waals surface area (Å²) in [7, 11) is 0. The predicted molar refractivity (Wildman–Crippen MR) is 61.4 cm³/mol. The average Bonchev–Trinajstić information content (AvgIpc) is 2.23. The summed E-state index contributed by atoms with van der Waals surface area (Å²) in [5, 5.41) is 2.91. The summed E-state index contributed by atoms with van der Waals surface area (Å²) in [4.78, 5) is 14.9. The van der Waals surface area contributed by atoms with Crippen molar-refractivity contribution in [2.45, 2.75) is 43.9 Å². The van der Waals surface area contributed by atoms with Crippen LogP contribution in [0.5, 0.6) is 0 Å². The lowest BCUT2D eigenvalue weighted by Gasteiger charge is -2.16. The number of aliphatic imine (C=N–C) groups is 1. The van der Waals surface area contributed by atoms with Crippen LogP contribution in [0.2, 0.25) is 0 Å². The Morgan fingerprint density at radius 1 is 1.46 bits per heavy atom. The molecule has 1 saturated heterocycles. The maximum Gasteiger partial charge on any atom is 0.158 e. The Labute approximate surface area is 87.1 Å². The lowest BCUT2D eigenvalue weighted by molar-refractivity contribution is 0.689. The second-order valence-electron chi connectivity index (χ2n) is 3.77. The molecular weight excluding hydrogens is 204 g/mol. The molecule has 0 radical (unpaired) electrons. The first-order chi connectivity index (χ1) is 5.95. The highest BCUT2D eigenvalue weighted by Crippen LogP contribution is 2.48. The molecule has 0 spiro atoms. The van der Waals surface area contributed by atoms with E-state index < -0.39 is 0 Å². The van der Waals surface area contributed by atoms with E-state index in [4.69, 9.17) is 0 Å². The van der Waals surface area contributed by atoms with Gasteiger partial charge in [0.2, 0.25) is 0 Å². The van der Waals surface area contributed by atoms with Gasteiger partial charge in [0, 0.05) is 6.04 Å². The van der Waals surface area contributed by atoms with Crippen LogP contribution in [-0.2, 0) is 0 Å². The molecule has 1 unspecified atom stereocenters. The van der Waals surface area contributed by atoms with E-state index in [-0.39, 0.29) is 16.2 Å². The molecule has 1 rings (SSSR count). The molecule has 0 aromatic rings. The first-order valence-corrected chi connectivity index (χ1v) is 5.91. The van der Waals surface area contributed by atoms with Gasteiger partial charge in [-0.15, -0.1) is 4.91 Å². The zero-order chi connectivity index (χ0) is 10.1. The minimum atomic E-state index is -0.199. The Bertz CT molecular complexity index is 238. The Morgan fingerprint density at radius 3 is 2.46 bits per heavy atom. The second kappa shape index (κ2) is 4.00. The Morgan fingerprint density at radius 2 is 2.08 bits per heavy atom. The highest BCUT2D eigenvalue weighted by Gasteiger charge is 2.41. The molecule has 0 amide bonds. The van der Waals surface area contributed by atoms with Crippen molar-refractivity contribution in [1.82, 2.24) is 0 Å². The molecule has 1 heterocycles. The highest BCUT2D eigenvalue weighted by molar-refractivity contribution is 8.42. The fraction of sp³-hybridized carbons (Fsp3) is 0.875. The molecule has 1 aliphatic rings. The number of hydrogen-bond donors (Lipinski definition) is 0. The third-order valence-corrected chi connectivity index (χ3v) is 4.54. The van der Waals surface area contributed by atoms with Crippen LogP contribution >= 0.6 is 23.5 Å². The van der Waals surface area contributed by atoms with Gasteiger partial charge in [-0.3, -0.25) is 4.99 Å². The van der Waals surface area contributed by atoms with Gasteiger partial charge in [0.1, 0.15) is 4.38 Å². The largest absolute Gasteiger partial charge is 0.269 e. The summed E-state index contributed by atoms with van der Waals surface area (Å²) in [5.41, 5.74) is 0. The second-order valence-corrected chi connectivity index (χ2v) is 6.74. The monoisotopic (exact) mass is 218 g/mol. The number of nitroso groups, excluding NO2 is 1. The lowest BCUT2D eigenvalue weighted by atomic mass is 10.2. The van der Waals surface area contributed by atoms with Gasteiger partial charge in [0.15, 0.2) is 5.37 Å². The van der Waals surface area contributed by atoms with E-state index in [1.807, 2.05) is 27.7 Å². The fourth-order valence-corrected chi connectivity index (χ4v) is 4.00. The summed E-state index contributed by atoms with van der Waals surface area (Å²) in [6.45, 7) is 8.12. The summed E-state index contributed by atoms with van der Waals surface area (Å²) >= 11 is 3.13. The molecule has 0 aliphatic carbocycles. The third-order valence-electron chi connectivity index (χ3n) is 1.62. The van der Waals surface area contributed by atoms with Gasteiger partial charge in [-0.2, -0.15) is 0 Å². The minimum Gasteiger partial charge on any atom is -0.269 e. The van der Waals surface area contributed by atoms with E-state index in [0.29, 0.717) is 0 Å². The molecular formula is C8H14N2OS2. The molecule has 74 valence electrons.